The predicted molar refractivity (Wildman–Crippen MR) is 99.3 cm³/mol. The Hall–Kier alpha value is -3.09. The molecule has 0 aliphatic heterocycles. The van der Waals surface area contributed by atoms with Crippen LogP contribution in [-0.4, -0.2) is 21.6 Å². The number of benzene rings is 2. The van der Waals surface area contributed by atoms with E-state index in [0.29, 0.717) is 29.7 Å². The van der Waals surface area contributed by atoms with Gasteiger partial charge in [0.05, 0.1) is 11.0 Å². The molecule has 0 saturated carbocycles. The van der Waals surface area contributed by atoms with Gasteiger partial charge < -0.3 is 15.6 Å². The first-order valence-electron chi connectivity index (χ1n) is 7.39. The lowest BCUT2D eigenvalue weighted by Gasteiger charge is -2.09. The molecule has 3 N–H and O–H groups in total. The Balaban J connectivity index is 1.55. The number of imidazole rings is 1. The minimum Gasteiger partial charge on any atom is -0.362 e. The van der Waals surface area contributed by atoms with E-state index >= 15 is 0 Å². The summed E-state index contributed by atoms with van der Waals surface area (Å²) in [6, 6.07) is 15.2. The Morgan fingerprint density at radius 1 is 1.21 bits per heavy atom. The third kappa shape index (κ3) is 3.81. The van der Waals surface area contributed by atoms with Gasteiger partial charge in [-0.05, 0) is 41.9 Å². The lowest BCUT2D eigenvalue weighted by molar-refractivity contribution is 0.872. The number of anilines is 1. The summed E-state index contributed by atoms with van der Waals surface area (Å²) in [5.41, 5.74) is 12.0. The number of H-pyrrole nitrogens is 1. The van der Waals surface area contributed by atoms with E-state index in [9.17, 15) is 0 Å². The monoisotopic (exact) mass is 337 g/mol. The largest absolute Gasteiger partial charge is 0.362 e. The summed E-state index contributed by atoms with van der Waals surface area (Å²) in [7, 11) is 0. The Labute approximate surface area is 143 Å². The maximum absolute atomic E-state index is 8.58. The van der Waals surface area contributed by atoms with Gasteiger partial charge in [-0.1, -0.05) is 41.5 Å². The van der Waals surface area contributed by atoms with Crippen LogP contribution in [0.25, 0.3) is 21.5 Å². The van der Waals surface area contributed by atoms with E-state index in [1.807, 2.05) is 42.5 Å². The molecular formula is C16H15N7S. The Kier molecular flexibility index (Phi) is 4.90. The highest BCUT2D eigenvalue weighted by Crippen LogP contribution is 2.19. The number of fused-ring (bicyclic) bond motifs is 1. The van der Waals surface area contributed by atoms with Crippen molar-refractivity contribution in [3.63, 3.8) is 0 Å². The van der Waals surface area contributed by atoms with Crippen LogP contribution in [0.1, 0.15) is 5.56 Å². The Morgan fingerprint density at radius 2 is 2.00 bits per heavy atom. The molecule has 0 saturated heterocycles. The van der Waals surface area contributed by atoms with Crippen LogP contribution < -0.4 is 10.6 Å². The van der Waals surface area contributed by atoms with Crippen molar-refractivity contribution in [3.05, 3.63) is 64.5 Å². The van der Waals surface area contributed by atoms with Gasteiger partial charge >= 0.3 is 0 Å². The van der Waals surface area contributed by atoms with Crippen molar-refractivity contribution in [2.45, 2.75) is 6.42 Å². The quantitative estimate of drug-likeness (QED) is 0.283. The molecule has 1 heterocycles. The highest BCUT2D eigenvalue weighted by atomic mass is 32.1. The summed E-state index contributed by atoms with van der Waals surface area (Å²) in [5, 5.41) is 10.3. The van der Waals surface area contributed by atoms with E-state index in [4.69, 9.17) is 17.7 Å². The Morgan fingerprint density at radius 3 is 2.83 bits per heavy atom. The molecular weight excluding hydrogens is 322 g/mol. The fraction of sp³-hybridized carbons (Fsp3) is 0.125. The van der Waals surface area contributed by atoms with Crippen molar-refractivity contribution in [2.75, 3.05) is 11.9 Å². The normalized spacial score (nSPS) is 10.2. The van der Waals surface area contributed by atoms with Crippen molar-refractivity contribution in [3.8, 4) is 0 Å². The van der Waals surface area contributed by atoms with Gasteiger partial charge in [-0.15, -0.1) is 0 Å². The lowest BCUT2D eigenvalue weighted by Crippen LogP contribution is -2.30. The van der Waals surface area contributed by atoms with Crippen LogP contribution in [-0.2, 0) is 6.42 Å². The van der Waals surface area contributed by atoms with Gasteiger partial charge in [-0.3, -0.25) is 0 Å². The van der Waals surface area contributed by atoms with Gasteiger partial charge in [0.2, 0.25) is 5.95 Å². The second-order valence-electron chi connectivity index (χ2n) is 5.05. The maximum Gasteiger partial charge on any atom is 0.207 e. The van der Waals surface area contributed by atoms with E-state index < -0.39 is 0 Å². The molecule has 1 aromatic heterocycles. The van der Waals surface area contributed by atoms with Crippen molar-refractivity contribution in [1.29, 1.82) is 0 Å². The zero-order valence-corrected chi connectivity index (χ0v) is 13.5. The van der Waals surface area contributed by atoms with Gasteiger partial charge in [-0.2, -0.15) is 0 Å². The van der Waals surface area contributed by atoms with Crippen molar-refractivity contribution < 1.29 is 0 Å². The van der Waals surface area contributed by atoms with Gasteiger partial charge in [0.25, 0.3) is 0 Å². The van der Waals surface area contributed by atoms with E-state index in [0.717, 1.165) is 16.6 Å². The molecule has 0 bridgehead atoms. The minimum atomic E-state index is 0.482. The highest BCUT2D eigenvalue weighted by molar-refractivity contribution is 7.80. The maximum atomic E-state index is 8.58. The zero-order valence-electron chi connectivity index (χ0n) is 12.7. The van der Waals surface area contributed by atoms with Gasteiger partial charge in [0, 0.05) is 17.1 Å². The van der Waals surface area contributed by atoms with Crippen molar-refractivity contribution >= 4 is 40.0 Å². The van der Waals surface area contributed by atoms with Crippen LogP contribution >= 0.6 is 12.2 Å². The number of aromatic amines is 1. The number of rotatable bonds is 5. The number of azide groups is 1. The minimum absolute atomic E-state index is 0.482. The molecule has 0 amide bonds. The van der Waals surface area contributed by atoms with Crippen LogP contribution in [0.2, 0.25) is 0 Å². The number of aromatic nitrogens is 2. The smallest absolute Gasteiger partial charge is 0.207 e. The first-order valence-corrected chi connectivity index (χ1v) is 7.80. The topological polar surface area (TPSA) is 102 Å². The molecule has 0 spiro atoms. The van der Waals surface area contributed by atoms with E-state index in [1.54, 1.807) is 6.07 Å². The molecule has 0 aliphatic carbocycles. The number of hydrogen-bond acceptors (Lipinski definition) is 3. The third-order valence-corrected chi connectivity index (χ3v) is 3.69. The fourth-order valence-electron chi connectivity index (χ4n) is 2.34. The first-order chi connectivity index (χ1) is 11.8. The molecule has 0 fully saturated rings. The summed E-state index contributed by atoms with van der Waals surface area (Å²) in [4.78, 5) is 10.4. The van der Waals surface area contributed by atoms with Crippen LogP contribution in [0.5, 0.6) is 0 Å². The van der Waals surface area contributed by atoms with Crippen molar-refractivity contribution in [2.24, 2.45) is 5.11 Å². The van der Waals surface area contributed by atoms with Gasteiger partial charge in [0.1, 0.15) is 0 Å². The SMILES string of the molecule is [N-]=[N+]=Nc1ccccc1CCNC(=S)Nc1nc2ccccc2[nH]1. The van der Waals surface area contributed by atoms with E-state index in [1.165, 1.54) is 0 Å². The zero-order chi connectivity index (χ0) is 16.8. The van der Waals surface area contributed by atoms with E-state index in [2.05, 4.69) is 30.6 Å². The number of hydrogen-bond donors (Lipinski definition) is 3. The number of para-hydroxylation sites is 2. The highest BCUT2D eigenvalue weighted by Gasteiger charge is 2.04. The lowest BCUT2D eigenvalue weighted by atomic mass is 10.1. The number of nitrogens with zero attached hydrogens (tertiary/aromatic N) is 4. The molecule has 2 aromatic carbocycles. The summed E-state index contributed by atoms with van der Waals surface area (Å²) in [6.45, 7) is 0.615. The van der Waals surface area contributed by atoms with Crippen LogP contribution in [0.4, 0.5) is 11.6 Å². The first kappa shape index (κ1) is 15.8. The molecule has 3 aromatic rings. The Bertz CT molecular complexity index is 878. The second kappa shape index (κ2) is 7.45. The van der Waals surface area contributed by atoms with Gasteiger partial charge in [-0.25, -0.2) is 4.98 Å². The number of thiocarbonyl (C=S) groups is 1. The molecule has 3 rings (SSSR count). The third-order valence-electron chi connectivity index (χ3n) is 3.45. The molecule has 8 heteroatoms. The molecule has 24 heavy (non-hydrogen) atoms. The molecule has 0 atom stereocenters. The van der Waals surface area contributed by atoms with Crippen LogP contribution in [0.15, 0.2) is 53.6 Å². The molecule has 0 aliphatic rings. The predicted octanol–water partition coefficient (Wildman–Crippen LogP) is 4.03. The summed E-state index contributed by atoms with van der Waals surface area (Å²) < 4.78 is 0. The van der Waals surface area contributed by atoms with E-state index in [-0.39, 0.29) is 0 Å². The van der Waals surface area contributed by atoms with Crippen molar-refractivity contribution in [1.82, 2.24) is 15.3 Å². The molecule has 0 unspecified atom stereocenters. The van der Waals surface area contributed by atoms with Crippen LogP contribution in [0, 0.1) is 0 Å². The standard InChI is InChI=1S/C16H15N7S/c17-23-22-12-6-2-1-5-11(12)9-10-18-16(24)21-15-19-13-7-3-4-8-14(13)20-15/h1-8H,9-10H2,(H3,18,19,20,21,24). The molecule has 7 nitrogen and oxygen atoms in total. The molecule has 120 valence electrons. The second-order valence-corrected chi connectivity index (χ2v) is 5.46. The average molecular weight is 337 g/mol. The van der Waals surface area contributed by atoms with Crippen LogP contribution in [0.3, 0.4) is 0 Å². The fourth-order valence-corrected chi connectivity index (χ4v) is 2.54. The number of nitrogens with one attached hydrogen (secondary N) is 3. The summed E-state index contributed by atoms with van der Waals surface area (Å²) in [5.74, 6) is 0.600. The molecule has 0 radical (unpaired) electrons. The average Bonchev–Trinajstić information content (AvgIpc) is 2.98. The van der Waals surface area contributed by atoms with Gasteiger partial charge in [0.15, 0.2) is 5.11 Å². The summed E-state index contributed by atoms with van der Waals surface area (Å²) in [6.07, 6.45) is 0.692. The summed E-state index contributed by atoms with van der Waals surface area (Å²) >= 11 is 5.28.